The third kappa shape index (κ3) is 3.16. The van der Waals surface area contributed by atoms with Gasteiger partial charge in [0.05, 0.1) is 16.6 Å². The van der Waals surface area contributed by atoms with Crippen LogP contribution in [0.3, 0.4) is 0 Å². The van der Waals surface area contributed by atoms with E-state index in [1.807, 2.05) is 6.92 Å². The van der Waals surface area contributed by atoms with E-state index in [0.29, 0.717) is 0 Å². The van der Waals surface area contributed by atoms with E-state index in [1.165, 1.54) is 23.1 Å². The number of hydrogen-bond donors (Lipinski definition) is 1. The molecule has 1 unspecified atom stereocenters. The lowest BCUT2D eigenvalue weighted by molar-refractivity contribution is 0.0738. The Morgan fingerprint density at radius 1 is 1.24 bits per heavy atom. The van der Waals surface area contributed by atoms with Crippen LogP contribution in [0.1, 0.15) is 28.9 Å². The van der Waals surface area contributed by atoms with Crippen LogP contribution in [0.2, 0.25) is 5.02 Å². The molecule has 1 amide bonds. The van der Waals surface area contributed by atoms with Crippen molar-refractivity contribution in [1.29, 1.82) is 0 Å². The van der Waals surface area contributed by atoms with E-state index in [9.17, 15) is 14.3 Å². The molecule has 0 aromatic heterocycles. The maximum Gasteiger partial charge on any atom is 0.257 e. The second kappa shape index (κ2) is 6.14. The first-order valence-electron chi connectivity index (χ1n) is 6.42. The Morgan fingerprint density at radius 2 is 1.86 bits per heavy atom. The molecule has 0 spiro atoms. The highest BCUT2D eigenvalue weighted by Gasteiger charge is 2.22. The summed E-state index contributed by atoms with van der Waals surface area (Å²) in [5.41, 5.74) is 0.779. The van der Waals surface area contributed by atoms with Crippen LogP contribution in [0.4, 0.5) is 4.39 Å². The zero-order valence-electron chi connectivity index (χ0n) is 11.7. The van der Waals surface area contributed by atoms with Crippen molar-refractivity contribution in [3.8, 4) is 5.75 Å². The molecule has 2 aromatic rings. The maximum atomic E-state index is 13.9. The number of rotatable bonds is 3. The molecule has 3 nitrogen and oxygen atoms in total. The van der Waals surface area contributed by atoms with Crippen molar-refractivity contribution in [2.75, 3.05) is 7.05 Å². The minimum Gasteiger partial charge on any atom is -0.508 e. The van der Waals surface area contributed by atoms with Crippen molar-refractivity contribution in [1.82, 2.24) is 4.90 Å². The predicted octanol–water partition coefficient (Wildman–Crippen LogP) is 4.02. The van der Waals surface area contributed by atoms with Gasteiger partial charge in [-0.05, 0) is 36.8 Å². The van der Waals surface area contributed by atoms with Gasteiger partial charge in [-0.3, -0.25) is 4.79 Å². The summed E-state index contributed by atoms with van der Waals surface area (Å²) in [7, 11) is 1.60. The van der Waals surface area contributed by atoms with E-state index in [2.05, 4.69) is 0 Å². The molecular weight excluding hydrogens is 293 g/mol. The number of carbonyl (C=O) groups excluding carboxylic acids is 1. The minimum absolute atomic E-state index is 0.0596. The van der Waals surface area contributed by atoms with E-state index in [-0.39, 0.29) is 22.4 Å². The third-order valence-corrected chi connectivity index (χ3v) is 3.75. The van der Waals surface area contributed by atoms with Crippen LogP contribution >= 0.6 is 11.6 Å². The van der Waals surface area contributed by atoms with Gasteiger partial charge in [0.25, 0.3) is 5.91 Å². The fourth-order valence-electron chi connectivity index (χ4n) is 2.01. The van der Waals surface area contributed by atoms with Crippen LogP contribution in [-0.2, 0) is 0 Å². The van der Waals surface area contributed by atoms with Gasteiger partial charge in [-0.2, -0.15) is 0 Å². The maximum absolute atomic E-state index is 13.9. The van der Waals surface area contributed by atoms with Crippen molar-refractivity contribution in [2.45, 2.75) is 13.0 Å². The Bertz CT molecular complexity index is 658. The summed E-state index contributed by atoms with van der Waals surface area (Å²) < 4.78 is 13.9. The van der Waals surface area contributed by atoms with Crippen LogP contribution in [0.25, 0.3) is 0 Å². The van der Waals surface area contributed by atoms with Gasteiger partial charge in [0.2, 0.25) is 0 Å². The van der Waals surface area contributed by atoms with E-state index in [0.717, 1.165) is 5.56 Å². The zero-order valence-corrected chi connectivity index (χ0v) is 12.4. The van der Waals surface area contributed by atoms with E-state index in [4.69, 9.17) is 11.6 Å². The summed E-state index contributed by atoms with van der Waals surface area (Å²) >= 11 is 5.70. The molecular formula is C16H15ClFNO2. The SMILES string of the molecule is CC(c1ccc(O)cc1)N(C)C(=O)c1cccc(Cl)c1F. The largest absolute Gasteiger partial charge is 0.508 e. The molecule has 2 aromatic carbocycles. The second-order valence-corrected chi connectivity index (χ2v) is 5.19. The van der Waals surface area contributed by atoms with Crippen LogP contribution in [0.5, 0.6) is 5.75 Å². The predicted molar refractivity (Wildman–Crippen MR) is 80.0 cm³/mol. The zero-order chi connectivity index (χ0) is 15.6. The quantitative estimate of drug-likeness (QED) is 0.930. The van der Waals surface area contributed by atoms with Gasteiger partial charge in [-0.25, -0.2) is 4.39 Å². The van der Waals surface area contributed by atoms with E-state index in [1.54, 1.807) is 31.3 Å². The van der Waals surface area contributed by atoms with Crippen LogP contribution in [0.15, 0.2) is 42.5 Å². The van der Waals surface area contributed by atoms with Crippen molar-refractivity contribution < 1.29 is 14.3 Å². The van der Waals surface area contributed by atoms with E-state index >= 15 is 0 Å². The smallest absolute Gasteiger partial charge is 0.257 e. The number of hydrogen-bond acceptors (Lipinski definition) is 2. The summed E-state index contributed by atoms with van der Waals surface area (Å²) in [6, 6.07) is 10.6. The van der Waals surface area contributed by atoms with Gasteiger partial charge < -0.3 is 10.0 Å². The first kappa shape index (κ1) is 15.3. The van der Waals surface area contributed by atoms with Crippen LogP contribution in [0, 0.1) is 5.82 Å². The molecule has 0 fully saturated rings. The molecule has 0 saturated heterocycles. The highest BCUT2D eigenvalue weighted by molar-refractivity contribution is 6.31. The number of amides is 1. The second-order valence-electron chi connectivity index (χ2n) is 4.78. The Kier molecular flexibility index (Phi) is 4.48. The molecule has 0 bridgehead atoms. The average Bonchev–Trinajstić information content (AvgIpc) is 2.48. The molecule has 0 heterocycles. The molecule has 5 heteroatoms. The molecule has 1 N–H and O–H groups in total. The van der Waals surface area contributed by atoms with E-state index < -0.39 is 11.7 Å². The fraction of sp³-hybridized carbons (Fsp3) is 0.188. The monoisotopic (exact) mass is 307 g/mol. The first-order chi connectivity index (χ1) is 9.91. The topological polar surface area (TPSA) is 40.5 Å². The van der Waals surface area contributed by atoms with Crippen LogP contribution in [-0.4, -0.2) is 23.0 Å². The normalized spacial score (nSPS) is 12.0. The standard InChI is InChI=1S/C16H15ClFNO2/c1-10(11-6-8-12(20)9-7-11)19(2)16(21)13-4-3-5-14(17)15(13)18/h3-10,20H,1-2H3. The van der Waals surface area contributed by atoms with Crippen molar-refractivity contribution >= 4 is 17.5 Å². The number of benzene rings is 2. The van der Waals surface area contributed by atoms with Gasteiger partial charge >= 0.3 is 0 Å². The summed E-state index contributed by atoms with van der Waals surface area (Å²) in [6.45, 7) is 1.83. The first-order valence-corrected chi connectivity index (χ1v) is 6.79. The third-order valence-electron chi connectivity index (χ3n) is 3.46. The minimum atomic E-state index is -0.714. The Labute approximate surface area is 127 Å². The summed E-state index contributed by atoms with van der Waals surface area (Å²) in [4.78, 5) is 13.8. The van der Waals surface area contributed by atoms with Gasteiger partial charge in [0.15, 0.2) is 5.82 Å². The van der Waals surface area contributed by atoms with Crippen LogP contribution < -0.4 is 0 Å². The highest BCUT2D eigenvalue weighted by Crippen LogP contribution is 2.25. The number of phenols is 1. The number of nitrogens with zero attached hydrogens (tertiary/aromatic N) is 1. The fourth-order valence-corrected chi connectivity index (χ4v) is 2.19. The number of phenolic OH excluding ortho intramolecular Hbond substituents is 1. The van der Waals surface area contributed by atoms with Gasteiger partial charge in [0.1, 0.15) is 5.75 Å². The van der Waals surface area contributed by atoms with Gasteiger partial charge in [-0.15, -0.1) is 0 Å². The molecule has 110 valence electrons. The number of halogens is 2. The lowest BCUT2D eigenvalue weighted by atomic mass is 10.1. The molecule has 0 radical (unpaired) electrons. The number of aromatic hydroxyl groups is 1. The summed E-state index contributed by atoms with van der Waals surface area (Å²) in [6.07, 6.45) is 0. The number of carbonyl (C=O) groups is 1. The lowest BCUT2D eigenvalue weighted by Crippen LogP contribution is -2.30. The summed E-state index contributed by atoms with van der Waals surface area (Å²) in [5, 5.41) is 9.21. The Balaban J connectivity index is 2.26. The molecule has 2 rings (SSSR count). The molecule has 21 heavy (non-hydrogen) atoms. The summed E-state index contributed by atoms with van der Waals surface area (Å²) in [5.74, 6) is -1.01. The van der Waals surface area contributed by atoms with Crippen molar-refractivity contribution in [2.24, 2.45) is 0 Å². The molecule has 0 aliphatic rings. The molecule has 0 aliphatic carbocycles. The lowest BCUT2D eigenvalue weighted by Gasteiger charge is -2.25. The molecule has 1 atom stereocenters. The van der Waals surface area contributed by atoms with Crippen molar-refractivity contribution in [3.05, 3.63) is 64.4 Å². The van der Waals surface area contributed by atoms with Gasteiger partial charge in [0, 0.05) is 7.05 Å². The Hall–Kier alpha value is -2.07. The van der Waals surface area contributed by atoms with Gasteiger partial charge in [-0.1, -0.05) is 29.8 Å². The highest BCUT2D eigenvalue weighted by atomic mass is 35.5. The molecule has 0 aliphatic heterocycles. The average molecular weight is 308 g/mol. The van der Waals surface area contributed by atoms with Crippen molar-refractivity contribution in [3.63, 3.8) is 0 Å². The molecule has 0 saturated carbocycles. The Morgan fingerprint density at radius 3 is 2.48 bits per heavy atom.